The van der Waals surface area contributed by atoms with Crippen LogP contribution in [0.1, 0.15) is 0 Å². The van der Waals surface area contributed by atoms with Crippen LogP contribution in [0.5, 0.6) is 5.75 Å². The van der Waals surface area contributed by atoms with Gasteiger partial charge in [0.2, 0.25) is 0 Å². The van der Waals surface area contributed by atoms with Crippen LogP contribution in [-0.2, 0) is 4.57 Å². The van der Waals surface area contributed by atoms with Crippen molar-refractivity contribution < 1.29 is 28.2 Å². The molecule has 0 amide bonds. The summed E-state index contributed by atoms with van der Waals surface area (Å²) in [6.07, 6.45) is 0. The Morgan fingerprint density at radius 2 is 1.30 bits per heavy atom. The van der Waals surface area contributed by atoms with Gasteiger partial charge >= 0.3 is 18.9 Å². The van der Waals surface area contributed by atoms with E-state index in [-0.39, 0.29) is 18.9 Å². The molecule has 4 heteroatoms. The maximum Gasteiger partial charge on any atom is 1.00 e. The van der Waals surface area contributed by atoms with Gasteiger partial charge in [0.05, 0.1) is 7.11 Å². The van der Waals surface area contributed by atoms with Crippen molar-refractivity contribution in [1.82, 2.24) is 0 Å². The largest absolute Gasteiger partial charge is 1.00 e. The quantitative estimate of drug-likeness (QED) is 0.389. The summed E-state index contributed by atoms with van der Waals surface area (Å²) in [5.41, 5.74) is 0. The van der Waals surface area contributed by atoms with Crippen molar-refractivity contribution in [3.63, 3.8) is 0 Å². The Balaban J connectivity index is 0.00000192. The molecule has 23 heavy (non-hydrogen) atoms. The van der Waals surface area contributed by atoms with E-state index >= 15 is 0 Å². The van der Waals surface area contributed by atoms with E-state index in [2.05, 4.69) is 6.07 Å². The number of methoxy groups -OCH3 is 1. The van der Waals surface area contributed by atoms with E-state index in [1.165, 1.54) is 0 Å². The molecule has 0 heterocycles. The zero-order chi connectivity index (χ0) is 15.4. The number of benzene rings is 3. The number of rotatable bonds is 4. The molecule has 0 fully saturated rings. The van der Waals surface area contributed by atoms with Crippen molar-refractivity contribution in [1.29, 1.82) is 0 Å². The predicted molar refractivity (Wildman–Crippen MR) is 91.2 cm³/mol. The first-order chi connectivity index (χ1) is 10.7. The van der Waals surface area contributed by atoms with Crippen molar-refractivity contribution in [2.24, 2.45) is 0 Å². The Hall–Kier alpha value is -1.71. The van der Waals surface area contributed by atoms with Crippen LogP contribution in [-0.4, -0.2) is 7.11 Å². The van der Waals surface area contributed by atoms with E-state index in [1.807, 2.05) is 78.9 Å². The smallest absolute Gasteiger partial charge is 0.523 e. The van der Waals surface area contributed by atoms with Crippen LogP contribution >= 0.6 is 7.14 Å². The zero-order valence-electron chi connectivity index (χ0n) is 13.3. The summed E-state index contributed by atoms with van der Waals surface area (Å²) in [6.45, 7) is 0. The first-order valence-electron chi connectivity index (χ1n) is 7.03. The third-order valence-electron chi connectivity index (χ3n) is 3.55. The monoisotopic (exact) mass is 314 g/mol. The van der Waals surface area contributed by atoms with Crippen LogP contribution in [0.4, 0.5) is 0 Å². The van der Waals surface area contributed by atoms with Gasteiger partial charge in [-0.05, 0) is 0 Å². The third kappa shape index (κ3) is 3.46. The standard InChI is InChI=1S/C19H16O2P.Li/c1-21-16-9-8-14-19(15-16)22(20,17-10-4-2-5-11-17)18-12-6-3-7-13-18;/h2-14H,1H3;/q-1;+1. The normalized spacial score (nSPS) is 10.7. The third-order valence-corrected chi connectivity index (χ3v) is 6.54. The Kier molecular flexibility index (Phi) is 5.91. The van der Waals surface area contributed by atoms with Gasteiger partial charge in [-0.3, -0.25) is 0 Å². The first-order valence-corrected chi connectivity index (χ1v) is 8.74. The number of hydrogen-bond donors (Lipinski definition) is 0. The predicted octanol–water partition coefficient (Wildman–Crippen LogP) is 0.139. The summed E-state index contributed by atoms with van der Waals surface area (Å²) in [4.78, 5) is 0. The molecular formula is C19H16LiO2P. The second-order valence-electron chi connectivity index (χ2n) is 4.88. The molecule has 3 aromatic rings. The van der Waals surface area contributed by atoms with Gasteiger partial charge in [-0.2, -0.15) is 12.1 Å². The molecule has 0 unspecified atom stereocenters. The van der Waals surface area contributed by atoms with E-state index < -0.39 is 7.14 Å². The van der Waals surface area contributed by atoms with Gasteiger partial charge in [0.15, 0.2) is 0 Å². The van der Waals surface area contributed by atoms with E-state index in [0.29, 0.717) is 11.1 Å². The van der Waals surface area contributed by atoms with Gasteiger partial charge in [-0.25, -0.2) is 0 Å². The van der Waals surface area contributed by atoms with Gasteiger partial charge in [0, 0.05) is 16.4 Å². The minimum atomic E-state index is -2.95. The Morgan fingerprint density at radius 1 is 0.783 bits per heavy atom. The average molecular weight is 314 g/mol. The molecule has 0 N–H and O–H groups in total. The topological polar surface area (TPSA) is 26.3 Å². The molecule has 0 aliphatic heterocycles. The fourth-order valence-corrected chi connectivity index (χ4v) is 5.04. The summed E-state index contributed by atoms with van der Waals surface area (Å²) in [7, 11) is -1.36. The summed E-state index contributed by atoms with van der Waals surface area (Å²) < 4.78 is 19.2. The zero-order valence-corrected chi connectivity index (χ0v) is 14.2. The molecule has 0 aliphatic rings. The van der Waals surface area contributed by atoms with Gasteiger partial charge in [0.25, 0.3) is 0 Å². The molecule has 0 spiro atoms. The molecule has 0 bridgehead atoms. The molecule has 0 saturated heterocycles. The molecule has 0 radical (unpaired) electrons. The van der Waals surface area contributed by atoms with Crippen molar-refractivity contribution in [2.45, 2.75) is 0 Å². The van der Waals surface area contributed by atoms with Gasteiger partial charge in [-0.15, -0.1) is 12.1 Å². The average Bonchev–Trinajstić information content (AvgIpc) is 2.62. The fraction of sp³-hybridized carbons (Fsp3) is 0.0526. The van der Waals surface area contributed by atoms with Gasteiger partial charge in [0.1, 0.15) is 7.14 Å². The van der Waals surface area contributed by atoms with Crippen molar-refractivity contribution in [2.75, 3.05) is 7.11 Å². The first kappa shape index (κ1) is 17.6. The van der Waals surface area contributed by atoms with Gasteiger partial charge in [-0.1, -0.05) is 66.0 Å². The second kappa shape index (κ2) is 7.71. The van der Waals surface area contributed by atoms with Crippen molar-refractivity contribution >= 4 is 23.1 Å². The SMILES string of the molecule is COc1[c-]c(P(=O)(c2ccccc2)c2ccccc2)ccc1.[Li+]. The van der Waals surface area contributed by atoms with Crippen LogP contribution in [0.3, 0.4) is 0 Å². The Bertz CT molecular complexity index is 760. The minimum Gasteiger partial charge on any atom is -0.523 e. The van der Waals surface area contributed by atoms with Crippen LogP contribution in [0.25, 0.3) is 0 Å². The van der Waals surface area contributed by atoms with Gasteiger partial charge < -0.3 is 9.30 Å². The van der Waals surface area contributed by atoms with Crippen LogP contribution in [0.2, 0.25) is 0 Å². The summed E-state index contributed by atoms with van der Waals surface area (Å²) in [6, 6.07) is 27.8. The van der Waals surface area contributed by atoms with Crippen molar-refractivity contribution in [3.05, 3.63) is 84.9 Å². The van der Waals surface area contributed by atoms with E-state index in [4.69, 9.17) is 4.74 Å². The molecule has 3 aromatic carbocycles. The maximum atomic E-state index is 14.0. The molecule has 0 saturated carbocycles. The van der Waals surface area contributed by atoms with E-state index in [9.17, 15) is 4.57 Å². The molecule has 3 rings (SSSR count). The summed E-state index contributed by atoms with van der Waals surface area (Å²) in [5.74, 6) is 0.588. The minimum absolute atomic E-state index is 0. The maximum absolute atomic E-state index is 14.0. The Morgan fingerprint density at radius 3 is 1.78 bits per heavy atom. The molecule has 0 aromatic heterocycles. The molecule has 0 aliphatic carbocycles. The number of hydrogen-bond acceptors (Lipinski definition) is 2. The van der Waals surface area contributed by atoms with E-state index in [0.717, 1.165) is 10.6 Å². The summed E-state index contributed by atoms with van der Waals surface area (Å²) in [5, 5.41) is 2.25. The van der Waals surface area contributed by atoms with Crippen molar-refractivity contribution in [3.8, 4) is 5.75 Å². The van der Waals surface area contributed by atoms with E-state index in [1.54, 1.807) is 7.11 Å². The molecule has 110 valence electrons. The van der Waals surface area contributed by atoms with Crippen LogP contribution in [0.15, 0.2) is 78.9 Å². The molecule has 2 nitrogen and oxygen atoms in total. The Labute approximate surface area is 149 Å². The summed E-state index contributed by atoms with van der Waals surface area (Å²) >= 11 is 0. The van der Waals surface area contributed by atoms with Crippen LogP contribution in [0, 0.1) is 6.07 Å². The number of ether oxygens (including phenoxy) is 1. The second-order valence-corrected chi connectivity index (χ2v) is 7.62. The fourth-order valence-electron chi connectivity index (χ4n) is 2.44. The molecule has 0 atom stereocenters. The van der Waals surface area contributed by atoms with Crippen LogP contribution < -0.4 is 39.5 Å². The molecular weight excluding hydrogens is 298 g/mol.